The van der Waals surface area contributed by atoms with Gasteiger partial charge in [0, 0.05) is 34.3 Å². The highest BCUT2D eigenvalue weighted by Gasteiger charge is 2.54. The third kappa shape index (κ3) is 10.4. The number of hydrogen-bond acceptors (Lipinski definition) is 10. The van der Waals surface area contributed by atoms with Crippen LogP contribution in [0.15, 0.2) is 0 Å². The molecule has 1 aliphatic heterocycles. The van der Waals surface area contributed by atoms with Crippen molar-refractivity contribution in [2.45, 2.75) is 104 Å². The summed E-state index contributed by atoms with van der Waals surface area (Å²) in [4.78, 5) is 46.3. The van der Waals surface area contributed by atoms with E-state index in [0.717, 1.165) is 32.1 Å². The molecule has 0 radical (unpaired) electrons. The van der Waals surface area contributed by atoms with Crippen molar-refractivity contribution in [1.82, 2.24) is 0 Å². The molecule has 1 aliphatic rings. The van der Waals surface area contributed by atoms with Crippen LogP contribution in [0, 0.1) is 0 Å². The highest BCUT2D eigenvalue weighted by atomic mass is 16.7. The highest BCUT2D eigenvalue weighted by Crippen LogP contribution is 2.31. The normalized spacial score (nSPS) is 23.3. The Bertz CT molecular complexity index is 620. The summed E-state index contributed by atoms with van der Waals surface area (Å²) >= 11 is 0. The molecule has 1 saturated heterocycles. The number of unbranched alkanes of at least 4 members (excludes halogenated alkanes) is 5. The van der Waals surface area contributed by atoms with Gasteiger partial charge in [0.2, 0.25) is 0 Å². The maximum Gasteiger partial charge on any atom is 0.303 e. The minimum absolute atomic E-state index is 0.325. The average molecular weight is 461 g/mol. The van der Waals surface area contributed by atoms with E-state index < -0.39 is 54.6 Å². The monoisotopic (exact) mass is 460 g/mol. The Morgan fingerprint density at radius 1 is 0.781 bits per heavy atom. The van der Waals surface area contributed by atoms with E-state index in [1.807, 2.05) is 0 Å². The smallest absolute Gasteiger partial charge is 0.303 e. The van der Waals surface area contributed by atoms with Crippen molar-refractivity contribution >= 4 is 23.9 Å². The van der Waals surface area contributed by atoms with Gasteiger partial charge in [-0.25, -0.2) is 0 Å². The van der Waals surface area contributed by atoms with E-state index in [9.17, 15) is 19.2 Å². The Labute approximate surface area is 189 Å². The number of carbonyl (C=O) groups excluding carboxylic acids is 4. The summed E-state index contributed by atoms with van der Waals surface area (Å²) in [6, 6.07) is 0. The maximum absolute atomic E-state index is 11.7. The predicted molar refractivity (Wildman–Crippen MR) is 111 cm³/mol. The molecule has 10 nitrogen and oxygen atoms in total. The molecule has 0 spiro atoms. The number of ether oxygens (including phenoxy) is 6. The molecule has 0 unspecified atom stereocenters. The third-order valence-corrected chi connectivity index (χ3v) is 4.73. The van der Waals surface area contributed by atoms with Crippen LogP contribution < -0.4 is 0 Å². The minimum Gasteiger partial charge on any atom is -0.462 e. The number of rotatable bonds is 14. The Hall–Kier alpha value is -2.20. The first-order chi connectivity index (χ1) is 15.1. The standard InChI is InChI=1S/C22H36O10/c1-6-7-8-9-10-11-12-27-22-21(31-17(5)26)20(30-16(4)25)19(32-22)18(29-15(3)24)13-28-14(2)23/h18-22H,6-13H2,1-5H3/t18-,19-,20-,21+,22-/m0/s1. The zero-order chi connectivity index (χ0) is 24.1. The third-order valence-electron chi connectivity index (χ3n) is 4.73. The van der Waals surface area contributed by atoms with Gasteiger partial charge in [0.05, 0.1) is 0 Å². The fourth-order valence-electron chi connectivity index (χ4n) is 3.42. The van der Waals surface area contributed by atoms with Crippen LogP contribution in [0.3, 0.4) is 0 Å². The fourth-order valence-corrected chi connectivity index (χ4v) is 3.42. The van der Waals surface area contributed by atoms with Crippen LogP contribution in [0.2, 0.25) is 0 Å². The van der Waals surface area contributed by atoms with Gasteiger partial charge in [-0.15, -0.1) is 0 Å². The van der Waals surface area contributed by atoms with Crippen LogP contribution in [-0.4, -0.2) is 67.8 Å². The first-order valence-electron chi connectivity index (χ1n) is 11.1. The van der Waals surface area contributed by atoms with Gasteiger partial charge in [0.25, 0.3) is 0 Å². The minimum atomic E-state index is -1.12. The average Bonchev–Trinajstić information content (AvgIpc) is 3.00. The van der Waals surface area contributed by atoms with Crippen LogP contribution in [0.25, 0.3) is 0 Å². The van der Waals surface area contributed by atoms with Crippen molar-refractivity contribution < 1.29 is 47.6 Å². The largest absolute Gasteiger partial charge is 0.462 e. The highest BCUT2D eigenvalue weighted by molar-refractivity contribution is 5.68. The number of hydrogen-bond donors (Lipinski definition) is 0. The van der Waals surface area contributed by atoms with Crippen LogP contribution >= 0.6 is 0 Å². The first-order valence-corrected chi connectivity index (χ1v) is 11.1. The van der Waals surface area contributed by atoms with Crippen molar-refractivity contribution in [3.8, 4) is 0 Å². The topological polar surface area (TPSA) is 124 Å². The lowest BCUT2D eigenvalue weighted by Gasteiger charge is -2.27. The van der Waals surface area contributed by atoms with E-state index in [2.05, 4.69) is 6.92 Å². The molecule has 1 rings (SSSR count). The predicted octanol–water partition coefficient (Wildman–Crippen LogP) is 2.45. The van der Waals surface area contributed by atoms with Crippen molar-refractivity contribution in [1.29, 1.82) is 0 Å². The Morgan fingerprint density at radius 2 is 1.38 bits per heavy atom. The second-order valence-electron chi connectivity index (χ2n) is 7.71. The molecule has 0 N–H and O–H groups in total. The van der Waals surface area contributed by atoms with Crippen LogP contribution in [0.1, 0.15) is 73.1 Å². The van der Waals surface area contributed by atoms with Crippen LogP contribution in [0.5, 0.6) is 0 Å². The van der Waals surface area contributed by atoms with Gasteiger partial charge in [0.1, 0.15) is 12.7 Å². The van der Waals surface area contributed by atoms with Crippen molar-refractivity contribution in [3.05, 3.63) is 0 Å². The van der Waals surface area contributed by atoms with Gasteiger partial charge in [0.15, 0.2) is 24.6 Å². The van der Waals surface area contributed by atoms with E-state index in [0.29, 0.717) is 6.61 Å². The lowest BCUT2D eigenvalue weighted by Crippen LogP contribution is -2.46. The molecule has 10 heteroatoms. The zero-order valence-corrected chi connectivity index (χ0v) is 19.6. The van der Waals surface area contributed by atoms with E-state index in [1.165, 1.54) is 34.1 Å². The Balaban J connectivity index is 2.94. The van der Waals surface area contributed by atoms with Crippen LogP contribution in [-0.2, 0) is 47.6 Å². The molecule has 0 aromatic carbocycles. The zero-order valence-electron chi connectivity index (χ0n) is 19.6. The van der Waals surface area contributed by atoms with Gasteiger partial charge in [-0.05, 0) is 6.42 Å². The van der Waals surface area contributed by atoms with E-state index in [-0.39, 0.29) is 6.61 Å². The molecule has 5 atom stereocenters. The molecule has 0 saturated carbocycles. The van der Waals surface area contributed by atoms with E-state index >= 15 is 0 Å². The summed E-state index contributed by atoms with van der Waals surface area (Å²) in [5.41, 5.74) is 0. The van der Waals surface area contributed by atoms with Crippen molar-refractivity contribution in [2.75, 3.05) is 13.2 Å². The molecule has 32 heavy (non-hydrogen) atoms. The number of carbonyl (C=O) groups is 4. The van der Waals surface area contributed by atoms with Crippen molar-refractivity contribution in [3.63, 3.8) is 0 Å². The molecule has 0 aromatic heterocycles. The quantitative estimate of drug-likeness (QED) is 0.217. The fraction of sp³-hybridized carbons (Fsp3) is 0.818. The molecular weight excluding hydrogens is 424 g/mol. The first kappa shape index (κ1) is 27.8. The molecule has 0 amide bonds. The van der Waals surface area contributed by atoms with Gasteiger partial charge in [-0.3, -0.25) is 19.2 Å². The van der Waals surface area contributed by atoms with E-state index in [4.69, 9.17) is 28.4 Å². The molecule has 1 fully saturated rings. The lowest BCUT2D eigenvalue weighted by molar-refractivity contribution is -0.199. The summed E-state index contributed by atoms with van der Waals surface area (Å²) in [5.74, 6) is -2.50. The second-order valence-corrected chi connectivity index (χ2v) is 7.71. The second kappa shape index (κ2) is 14.8. The molecule has 1 heterocycles. The van der Waals surface area contributed by atoms with Crippen LogP contribution in [0.4, 0.5) is 0 Å². The summed E-state index contributed by atoms with van der Waals surface area (Å²) in [5, 5.41) is 0. The van der Waals surface area contributed by atoms with Gasteiger partial charge < -0.3 is 28.4 Å². The SMILES string of the molecule is CCCCCCCCO[C@H]1O[C@@H]([C@H](COC(C)=O)OC(C)=O)[C@H](OC(C)=O)[C@H]1OC(C)=O. The molecule has 184 valence electrons. The lowest BCUT2D eigenvalue weighted by atomic mass is 10.1. The summed E-state index contributed by atoms with van der Waals surface area (Å²) in [7, 11) is 0. The van der Waals surface area contributed by atoms with Crippen molar-refractivity contribution in [2.24, 2.45) is 0 Å². The van der Waals surface area contributed by atoms with Gasteiger partial charge >= 0.3 is 23.9 Å². The summed E-state index contributed by atoms with van der Waals surface area (Å²) in [6.07, 6.45) is 0.947. The van der Waals surface area contributed by atoms with Gasteiger partial charge in [-0.2, -0.15) is 0 Å². The summed E-state index contributed by atoms with van der Waals surface area (Å²) < 4.78 is 32.6. The summed E-state index contributed by atoms with van der Waals surface area (Å²) in [6.45, 7) is 6.97. The molecule has 0 bridgehead atoms. The maximum atomic E-state index is 11.7. The molecular formula is C22H36O10. The molecule has 0 aliphatic carbocycles. The Kier molecular flexibility index (Phi) is 12.9. The molecule has 0 aromatic rings. The Morgan fingerprint density at radius 3 is 1.94 bits per heavy atom. The van der Waals surface area contributed by atoms with Gasteiger partial charge in [-0.1, -0.05) is 39.0 Å². The van der Waals surface area contributed by atoms with E-state index in [1.54, 1.807) is 0 Å². The number of esters is 4.